The molecule has 100 valence electrons. The number of aromatic nitrogens is 1. The molecule has 1 fully saturated rings. The molecule has 2 rings (SSSR count). The van der Waals surface area contributed by atoms with Crippen LogP contribution in [-0.4, -0.2) is 16.8 Å². The van der Waals surface area contributed by atoms with Gasteiger partial charge in [0.05, 0.1) is 5.03 Å². The summed E-state index contributed by atoms with van der Waals surface area (Å²) in [5.74, 6) is 0. The van der Waals surface area contributed by atoms with E-state index >= 15 is 0 Å². The Morgan fingerprint density at radius 3 is 2.78 bits per heavy atom. The summed E-state index contributed by atoms with van der Waals surface area (Å²) in [7, 11) is 0. The minimum absolute atomic E-state index is 0.796. The Morgan fingerprint density at radius 1 is 1.33 bits per heavy atom. The minimum Gasteiger partial charge on any atom is -0.313 e. The third-order valence-corrected chi connectivity index (χ3v) is 4.95. The molecule has 1 aliphatic rings. The van der Waals surface area contributed by atoms with E-state index in [0.717, 1.165) is 18.3 Å². The molecule has 0 atom stereocenters. The van der Waals surface area contributed by atoms with Crippen LogP contribution in [0.1, 0.15) is 50.2 Å². The first-order valence-corrected chi connectivity index (χ1v) is 8.00. The number of pyridine rings is 1. The number of nitrogens with zero attached hydrogens (tertiary/aromatic N) is 1. The van der Waals surface area contributed by atoms with Crippen LogP contribution in [0.15, 0.2) is 17.3 Å². The van der Waals surface area contributed by atoms with Crippen molar-refractivity contribution < 1.29 is 0 Å². The van der Waals surface area contributed by atoms with Crippen LogP contribution in [0.4, 0.5) is 0 Å². The maximum Gasteiger partial charge on any atom is 0.0991 e. The molecule has 18 heavy (non-hydrogen) atoms. The van der Waals surface area contributed by atoms with Gasteiger partial charge in [-0.05, 0) is 37.4 Å². The Kier molecular flexibility index (Phi) is 5.51. The lowest BCUT2D eigenvalue weighted by molar-refractivity contribution is 0.515. The van der Waals surface area contributed by atoms with Gasteiger partial charge in [0.15, 0.2) is 0 Å². The van der Waals surface area contributed by atoms with Crippen molar-refractivity contribution in [2.45, 2.75) is 62.8 Å². The van der Waals surface area contributed by atoms with Crippen LogP contribution < -0.4 is 5.32 Å². The van der Waals surface area contributed by atoms with Crippen LogP contribution in [0.5, 0.6) is 0 Å². The Morgan fingerprint density at radius 2 is 2.11 bits per heavy atom. The molecule has 3 heteroatoms. The maximum atomic E-state index is 4.65. The van der Waals surface area contributed by atoms with Crippen LogP contribution in [0, 0.1) is 6.92 Å². The highest BCUT2D eigenvalue weighted by Gasteiger charge is 2.16. The average Bonchev–Trinajstić information content (AvgIpc) is 2.40. The van der Waals surface area contributed by atoms with Gasteiger partial charge >= 0.3 is 0 Å². The summed E-state index contributed by atoms with van der Waals surface area (Å²) in [5, 5.41) is 5.38. The van der Waals surface area contributed by atoms with Gasteiger partial charge in [-0.3, -0.25) is 0 Å². The molecule has 0 spiro atoms. The predicted octanol–water partition coefficient (Wildman–Crippen LogP) is 3.92. The highest BCUT2D eigenvalue weighted by atomic mass is 32.2. The van der Waals surface area contributed by atoms with Crippen molar-refractivity contribution in [3.8, 4) is 0 Å². The van der Waals surface area contributed by atoms with Gasteiger partial charge in [-0.1, -0.05) is 32.3 Å². The first-order chi connectivity index (χ1) is 8.79. The van der Waals surface area contributed by atoms with Gasteiger partial charge in [-0.25, -0.2) is 4.98 Å². The van der Waals surface area contributed by atoms with Crippen LogP contribution in [0.3, 0.4) is 0 Å². The SMILES string of the molecule is CCNCc1cnc(SC2CCCCC2)c(C)c1. The standard InChI is InChI=1S/C15H24N2S/c1-3-16-10-13-9-12(2)15(17-11-13)18-14-7-5-4-6-8-14/h9,11,14,16H,3-8,10H2,1-2H3. The topological polar surface area (TPSA) is 24.9 Å². The largest absolute Gasteiger partial charge is 0.313 e. The molecule has 1 aromatic rings. The van der Waals surface area contributed by atoms with E-state index in [9.17, 15) is 0 Å². The summed E-state index contributed by atoms with van der Waals surface area (Å²) in [6.07, 6.45) is 8.98. The lowest BCUT2D eigenvalue weighted by atomic mass is 10.0. The normalized spacial score (nSPS) is 17.0. The first kappa shape index (κ1) is 13.9. The fourth-order valence-electron chi connectivity index (χ4n) is 2.45. The molecule has 0 saturated heterocycles. The Labute approximate surface area is 115 Å². The van der Waals surface area contributed by atoms with Crippen LogP contribution in [0.25, 0.3) is 0 Å². The average molecular weight is 264 g/mol. The van der Waals surface area contributed by atoms with E-state index in [-0.39, 0.29) is 0 Å². The molecule has 1 saturated carbocycles. The second kappa shape index (κ2) is 7.15. The molecule has 2 nitrogen and oxygen atoms in total. The Balaban J connectivity index is 1.95. The fraction of sp³-hybridized carbons (Fsp3) is 0.667. The van der Waals surface area contributed by atoms with Crippen molar-refractivity contribution in [1.82, 2.24) is 10.3 Å². The predicted molar refractivity (Wildman–Crippen MR) is 79.1 cm³/mol. The van der Waals surface area contributed by atoms with Gasteiger partial charge in [-0.2, -0.15) is 0 Å². The number of rotatable bonds is 5. The lowest BCUT2D eigenvalue weighted by Gasteiger charge is -2.21. The van der Waals surface area contributed by atoms with Gasteiger partial charge < -0.3 is 5.32 Å². The van der Waals surface area contributed by atoms with Crippen molar-refractivity contribution >= 4 is 11.8 Å². The molecular weight excluding hydrogens is 240 g/mol. The van der Waals surface area contributed by atoms with E-state index in [2.05, 4.69) is 30.2 Å². The van der Waals surface area contributed by atoms with E-state index in [1.165, 1.54) is 48.3 Å². The second-order valence-corrected chi connectivity index (χ2v) is 6.41. The zero-order valence-corrected chi connectivity index (χ0v) is 12.4. The molecular formula is C15H24N2S. The number of hydrogen-bond donors (Lipinski definition) is 1. The van der Waals surface area contributed by atoms with Crippen molar-refractivity contribution in [3.05, 3.63) is 23.4 Å². The summed E-state index contributed by atoms with van der Waals surface area (Å²) in [6, 6.07) is 2.28. The van der Waals surface area contributed by atoms with Crippen LogP contribution in [0.2, 0.25) is 0 Å². The zero-order valence-electron chi connectivity index (χ0n) is 11.5. The highest BCUT2D eigenvalue weighted by molar-refractivity contribution is 7.99. The summed E-state index contributed by atoms with van der Waals surface area (Å²) in [5.41, 5.74) is 2.63. The number of thioether (sulfide) groups is 1. The van der Waals surface area contributed by atoms with Crippen LogP contribution >= 0.6 is 11.8 Å². The lowest BCUT2D eigenvalue weighted by Crippen LogP contribution is -2.12. The monoisotopic (exact) mass is 264 g/mol. The fourth-order valence-corrected chi connectivity index (χ4v) is 3.69. The molecule has 0 unspecified atom stereocenters. The molecule has 0 aliphatic heterocycles. The van der Waals surface area contributed by atoms with Crippen molar-refractivity contribution in [2.75, 3.05) is 6.54 Å². The summed E-state index contributed by atoms with van der Waals surface area (Å²) in [6.45, 7) is 6.26. The van der Waals surface area contributed by atoms with Gasteiger partial charge in [0.1, 0.15) is 0 Å². The Hall–Kier alpha value is -0.540. The molecule has 1 N–H and O–H groups in total. The van der Waals surface area contributed by atoms with Crippen molar-refractivity contribution in [1.29, 1.82) is 0 Å². The molecule has 1 aromatic heterocycles. The highest BCUT2D eigenvalue weighted by Crippen LogP contribution is 2.34. The Bertz CT molecular complexity index is 373. The molecule has 0 amide bonds. The van der Waals surface area contributed by atoms with Gasteiger partial charge in [-0.15, -0.1) is 11.8 Å². The maximum absolute atomic E-state index is 4.65. The summed E-state index contributed by atoms with van der Waals surface area (Å²) >= 11 is 1.99. The van der Waals surface area contributed by atoms with E-state index in [4.69, 9.17) is 0 Å². The zero-order chi connectivity index (χ0) is 12.8. The van der Waals surface area contributed by atoms with E-state index in [1.54, 1.807) is 0 Å². The van der Waals surface area contributed by atoms with Crippen LogP contribution in [-0.2, 0) is 6.54 Å². The molecule has 0 aromatic carbocycles. The molecule has 0 radical (unpaired) electrons. The van der Waals surface area contributed by atoms with Gasteiger partial charge in [0.2, 0.25) is 0 Å². The number of aryl methyl sites for hydroxylation is 1. The van der Waals surface area contributed by atoms with Crippen molar-refractivity contribution in [3.63, 3.8) is 0 Å². The van der Waals surface area contributed by atoms with Gasteiger partial charge in [0, 0.05) is 18.0 Å². The van der Waals surface area contributed by atoms with Crippen molar-refractivity contribution in [2.24, 2.45) is 0 Å². The minimum atomic E-state index is 0.796. The number of nitrogens with one attached hydrogen (secondary N) is 1. The molecule has 0 bridgehead atoms. The third-order valence-electron chi connectivity index (χ3n) is 3.50. The summed E-state index contributed by atoms with van der Waals surface area (Å²) in [4.78, 5) is 4.65. The smallest absolute Gasteiger partial charge is 0.0991 e. The second-order valence-electron chi connectivity index (χ2n) is 5.12. The quantitative estimate of drug-likeness (QED) is 0.872. The third kappa shape index (κ3) is 3.99. The number of hydrogen-bond acceptors (Lipinski definition) is 3. The van der Waals surface area contributed by atoms with E-state index in [1.807, 2.05) is 18.0 Å². The summed E-state index contributed by atoms with van der Waals surface area (Å²) < 4.78 is 0. The van der Waals surface area contributed by atoms with E-state index < -0.39 is 0 Å². The molecule has 1 aliphatic carbocycles. The molecule has 1 heterocycles. The first-order valence-electron chi connectivity index (χ1n) is 7.12. The van der Waals surface area contributed by atoms with E-state index in [0.29, 0.717) is 0 Å². The van der Waals surface area contributed by atoms with Gasteiger partial charge in [0.25, 0.3) is 0 Å².